The summed E-state index contributed by atoms with van der Waals surface area (Å²) in [5, 5.41) is 0. The Labute approximate surface area is 87.0 Å². The van der Waals surface area contributed by atoms with Crippen molar-refractivity contribution < 1.29 is 4.74 Å². The van der Waals surface area contributed by atoms with Gasteiger partial charge in [-0.15, -0.1) is 0 Å². The molecule has 0 heterocycles. The third-order valence-corrected chi connectivity index (χ3v) is 3.01. The summed E-state index contributed by atoms with van der Waals surface area (Å²) >= 11 is 4.15. The van der Waals surface area contributed by atoms with Crippen molar-refractivity contribution in [1.29, 1.82) is 0 Å². The van der Waals surface area contributed by atoms with Gasteiger partial charge in [0.05, 0.1) is 0 Å². The first kappa shape index (κ1) is 11.1. The number of allylic oxidation sites excluding steroid dienone is 2. The van der Waals surface area contributed by atoms with Gasteiger partial charge in [0.25, 0.3) is 0 Å². The van der Waals surface area contributed by atoms with Gasteiger partial charge in [0.2, 0.25) is 0 Å². The lowest BCUT2D eigenvalue weighted by Crippen LogP contribution is -2.19. The zero-order valence-electron chi connectivity index (χ0n) is 8.41. The number of hydrogen-bond acceptors (Lipinski definition) is 2. The molecule has 0 radical (unpaired) electrons. The van der Waals surface area contributed by atoms with Crippen molar-refractivity contribution in [2.75, 3.05) is 19.0 Å². The summed E-state index contributed by atoms with van der Waals surface area (Å²) in [7, 11) is 0. The quantitative estimate of drug-likeness (QED) is 0.408. The van der Waals surface area contributed by atoms with Crippen molar-refractivity contribution in [3.63, 3.8) is 0 Å². The minimum atomic E-state index is 0.741. The van der Waals surface area contributed by atoms with Gasteiger partial charge in [-0.25, -0.2) is 0 Å². The lowest BCUT2D eigenvalue weighted by molar-refractivity contribution is 0.0801. The van der Waals surface area contributed by atoms with Crippen LogP contribution in [0.4, 0.5) is 0 Å². The maximum atomic E-state index is 5.60. The minimum Gasteiger partial charge on any atom is -0.381 e. The van der Waals surface area contributed by atoms with E-state index in [9.17, 15) is 0 Å². The molecule has 0 spiro atoms. The maximum Gasteiger partial charge on any atom is 0.0499 e. The molecule has 0 N–H and O–H groups in total. The van der Waals surface area contributed by atoms with Gasteiger partial charge in [0.1, 0.15) is 0 Å². The SMILES string of the molecule is CC1CC=CCC1COCCCS. The number of thiol groups is 1. The predicted molar refractivity (Wildman–Crippen MR) is 60.3 cm³/mol. The van der Waals surface area contributed by atoms with Crippen molar-refractivity contribution in [2.45, 2.75) is 26.2 Å². The Balaban J connectivity index is 2.09. The molecule has 0 aromatic carbocycles. The summed E-state index contributed by atoms with van der Waals surface area (Å²) in [6, 6.07) is 0. The van der Waals surface area contributed by atoms with E-state index in [2.05, 4.69) is 31.7 Å². The van der Waals surface area contributed by atoms with Gasteiger partial charge in [-0.1, -0.05) is 19.1 Å². The van der Waals surface area contributed by atoms with E-state index in [4.69, 9.17) is 4.74 Å². The summed E-state index contributed by atoms with van der Waals surface area (Å²) in [4.78, 5) is 0. The van der Waals surface area contributed by atoms with Crippen molar-refractivity contribution in [3.8, 4) is 0 Å². The van der Waals surface area contributed by atoms with E-state index in [1.807, 2.05) is 0 Å². The molecule has 13 heavy (non-hydrogen) atoms. The molecular weight excluding hydrogens is 180 g/mol. The normalized spacial score (nSPS) is 27.8. The van der Waals surface area contributed by atoms with Crippen LogP contribution < -0.4 is 0 Å². The van der Waals surface area contributed by atoms with Crippen LogP contribution in [0.5, 0.6) is 0 Å². The number of ether oxygens (including phenoxy) is 1. The van der Waals surface area contributed by atoms with Crippen LogP contribution in [0.1, 0.15) is 26.2 Å². The first-order chi connectivity index (χ1) is 6.34. The molecule has 0 bridgehead atoms. The van der Waals surface area contributed by atoms with E-state index >= 15 is 0 Å². The fourth-order valence-corrected chi connectivity index (χ4v) is 1.77. The van der Waals surface area contributed by atoms with Gasteiger partial charge in [0.15, 0.2) is 0 Å². The summed E-state index contributed by atoms with van der Waals surface area (Å²) in [6.07, 6.45) is 8.06. The zero-order valence-corrected chi connectivity index (χ0v) is 9.30. The standard InChI is InChI=1S/C11H20OS/c1-10-5-2-3-6-11(10)9-12-7-4-8-13/h2-3,10-11,13H,4-9H2,1H3. The minimum absolute atomic E-state index is 0.741. The van der Waals surface area contributed by atoms with E-state index in [1.165, 1.54) is 12.8 Å². The Hall–Kier alpha value is 0.0500. The first-order valence-corrected chi connectivity index (χ1v) is 5.81. The van der Waals surface area contributed by atoms with E-state index in [-0.39, 0.29) is 0 Å². The van der Waals surface area contributed by atoms with Crippen LogP contribution in [-0.2, 0) is 4.74 Å². The van der Waals surface area contributed by atoms with Gasteiger partial charge >= 0.3 is 0 Å². The molecule has 1 rings (SSSR count). The fraction of sp³-hybridized carbons (Fsp3) is 0.818. The van der Waals surface area contributed by atoms with E-state index in [0.717, 1.165) is 37.2 Å². The number of rotatable bonds is 5. The summed E-state index contributed by atoms with van der Waals surface area (Å²) in [5.74, 6) is 2.46. The van der Waals surface area contributed by atoms with E-state index < -0.39 is 0 Å². The smallest absolute Gasteiger partial charge is 0.0499 e. The average molecular weight is 200 g/mol. The Morgan fingerprint density at radius 2 is 2.15 bits per heavy atom. The lowest BCUT2D eigenvalue weighted by atomic mass is 9.85. The van der Waals surface area contributed by atoms with Crippen LogP contribution in [0, 0.1) is 11.8 Å². The third-order valence-electron chi connectivity index (χ3n) is 2.70. The largest absolute Gasteiger partial charge is 0.381 e. The molecule has 2 heteroatoms. The van der Waals surface area contributed by atoms with Crippen molar-refractivity contribution in [3.05, 3.63) is 12.2 Å². The second kappa shape index (κ2) is 6.50. The van der Waals surface area contributed by atoms with Gasteiger partial charge < -0.3 is 4.74 Å². The highest BCUT2D eigenvalue weighted by Gasteiger charge is 2.17. The Morgan fingerprint density at radius 3 is 2.85 bits per heavy atom. The van der Waals surface area contributed by atoms with Crippen LogP contribution in [-0.4, -0.2) is 19.0 Å². The highest BCUT2D eigenvalue weighted by atomic mass is 32.1. The Morgan fingerprint density at radius 1 is 1.38 bits per heavy atom. The molecule has 1 aliphatic carbocycles. The molecule has 0 saturated heterocycles. The second-order valence-electron chi connectivity index (χ2n) is 3.83. The van der Waals surface area contributed by atoms with Gasteiger partial charge in [-0.2, -0.15) is 12.6 Å². The molecule has 0 aromatic rings. The van der Waals surface area contributed by atoms with Gasteiger partial charge in [-0.05, 0) is 36.9 Å². The molecule has 1 nitrogen and oxygen atoms in total. The van der Waals surface area contributed by atoms with E-state index in [1.54, 1.807) is 0 Å². The molecule has 2 atom stereocenters. The van der Waals surface area contributed by atoms with Gasteiger partial charge in [0, 0.05) is 13.2 Å². The Kier molecular flexibility index (Phi) is 5.56. The van der Waals surface area contributed by atoms with Crippen molar-refractivity contribution in [2.24, 2.45) is 11.8 Å². The topological polar surface area (TPSA) is 9.23 Å². The molecule has 0 aliphatic heterocycles. The second-order valence-corrected chi connectivity index (χ2v) is 4.28. The molecule has 1 aliphatic rings. The summed E-state index contributed by atoms with van der Waals surface area (Å²) in [5.41, 5.74) is 0. The lowest BCUT2D eigenvalue weighted by Gasteiger charge is -2.24. The van der Waals surface area contributed by atoms with Crippen LogP contribution in [0.3, 0.4) is 0 Å². The fourth-order valence-electron chi connectivity index (χ4n) is 1.64. The number of hydrogen-bond donors (Lipinski definition) is 1. The molecule has 0 fully saturated rings. The molecular formula is C11H20OS. The highest BCUT2D eigenvalue weighted by Crippen LogP contribution is 2.24. The van der Waals surface area contributed by atoms with Crippen LogP contribution >= 0.6 is 12.6 Å². The maximum absolute atomic E-state index is 5.60. The van der Waals surface area contributed by atoms with Gasteiger partial charge in [-0.3, -0.25) is 0 Å². The zero-order chi connectivity index (χ0) is 9.52. The monoisotopic (exact) mass is 200 g/mol. The Bertz CT molecular complexity index is 156. The molecule has 0 amide bonds. The van der Waals surface area contributed by atoms with Crippen molar-refractivity contribution >= 4 is 12.6 Å². The molecule has 0 aromatic heterocycles. The van der Waals surface area contributed by atoms with Crippen LogP contribution in [0.25, 0.3) is 0 Å². The summed E-state index contributed by atoms with van der Waals surface area (Å²) in [6.45, 7) is 4.12. The molecule has 0 saturated carbocycles. The van der Waals surface area contributed by atoms with Crippen LogP contribution in [0.2, 0.25) is 0 Å². The highest BCUT2D eigenvalue weighted by molar-refractivity contribution is 7.80. The first-order valence-electron chi connectivity index (χ1n) is 5.18. The van der Waals surface area contributed by atoms with E-state index in [0.29, 0.717) is 0 Å². The molecule has 2 unspecified atom stereocenters. The average Bonchev–Trinajstić information content (AvgIpc) is 2.15. The third kappa shape index (κ3) is 4.19. The molecule has 76 valence electrons. The van der Waals surface area contributed by atoms with Crippen molar-refractivity contribution in [1.82, 2.24) is 0 Å². The summed E-state index contributed by atoms with van der Waals surface area (Å²) < 4.78 is 5.60. The predicted octanol–water partition coefficient (Wildman–Crippen LogP) is 2.93. The van der Waals surface area contributed by atoms with Crippen LogP contribution in [0.15, 0.2) is 12.2 Å².